The van der Waals surface area contributed by atoms with Crippen molar-refractivity contribution < 1.29 is 4.79 Å². The smallest absolute Gasteiger partial charge is 0.251 e. The fourth-order valence-corrected chi connectivity index (χ4v) is 3.07. The summed E-state index contributed by atoms with van der Waals surface area (Å²) < 4.78 is 0. The monoisotopic (exact) mass is 329 g/mol. The standard InChI is InChI=1S/C15H21Cl2N3O/c1-11(10-20-5-3-2-4-6-20)9-18-15(21)12-7-13(16)19-14(17)8-12/h7-8,11H,2-6,9-10H2,1H3,(H,18,21). The van der Waals surface area contributed by atoms with Gasteiger partial charge in [-0.1, -0.05) is 36.5 Å². The van der Waals surface area contributed by atoms with Crippen LogP contribution in [-0.4, -0.2) is 42.0 Å². The lowest BCUT2D eigenvalue weighted by atomic mass is 10.1. The van der Waals surface area contributed by atoms with Gasteiger partial charge in [-0.05, 0) is 44.0 Å². The summed E-state index contributed by atoms with van der Waals surface area (Å²) in [7, 11) is 0. The molecule has 0 spiro atoms. The van der Waals surface area contributed by atoms with Gasteiger partial charge in [0.1, 0.15) is 10.3 Å². The van der Waals surface area contributed by atoms with Gasteiger partial charge in [0.25, 0.3) is 5.91 Å². The number of nitrogens with zero attached hydrogens (tertiary/aromatic N) is 2. The Bertz CT molecular complexity index is 470. The molecule has 1 aromatic rings. The molecule has 2 rings (SSSR count). The molecule has 1 aromatic heterocycles. The van der Waals surface area contributed by atoms with Gasteiger partial charge in [0.2, 0.25) is 0 Å². The maximum absolute atomic E-state index is 12.1. The average molecular weight is 330 g/mol. The zero-order chi connectivity index (χ0) is 15.2. The molecule has 0 aromatic carbocycles. The van der Waals surface area contributed by atoms with E-state index in [1.54, 1.807) is 0 Å². The van der Waals surface area contributed by atoms with Crippen LogP contribution in [0.1, 0.15) is 36.5 Å². The third kappa shape index (κ3) is 5.46. The minimum Gasteiger partial charge on any atom is -0.352 e. The van der Waals surface area contributed by atoms with Crippen LogP contribution in [-0.2, 0) is 0 Å². The van der Waals surface area contributed by atoms with Crippen molar-refractivity contribution in [3.63, 3.8) is 0 Å². The Hall–Kier alpha value is -0.840. The molecule has 1 aliphatic rings. The van der Waals surface area contributed by atoms with Crippen molar-refractivity contribution in [2.45, 2.75) is 26.2 Å². The van der Waals surface area contributed by atoms with Gasteiger partial charge in [-0.25, -0.2) is 4.98 Å². The zero-order valence-corrected chi connectivity index (χ0v) is 13.8. The van der Waals surface area contributed by atoms with Crippen LogP contribution < -0.4 is 5.32 Å². The number of carbonyl (C=O) groups is 1. The highest BCUT2D eigenvalue weighted by Gasteiger charge is 2.15. The second-order valence-corrected chi connectivity index (χ2v) is 6.45. The number of nitrogens with one attached hydrogen (secondary N) is 1. The lowest BCUT2D eigenvalue weighted by Crippen LogP contribution is -2.38. The van der Waals surface area contributed by atoms with Crippen molar-refractivity contribution >= 4 is 29.1 Å². The van der Waals surface area contributed by atoms with Crippen LogP contribution in [0.15, 0.2) is 12.1 Å². The molecule has 1 atom stereocenters. The van der Waals surface area contributed by atoms with E-state index in [0.717, 1.165) is 6.54 Å². The normalized spacial score (nSPS) is 17.5. The van der Waals surface area contributed by atoms with Crippen molar-refractivity contribution in [1.29, 1.82) is 0 Å². The minimum atomic E-state index is -0.160. The highest BCUT2D eigenvalue weighted by molar-refractivity contribution is 6.33. The first kappa shape index (κ1) is 16.5. The number of hydrogen-bond donors (Lipinski definition) is 1. The van der Waals surface area contributed by atoms with E-state index >= 15 is 0 Å². The molecule has 1 unspecified atom stereocenters. The number of hydrogen-bond acceptors (Lipinski definition) is 3. The first-order valence-electron chi connectivity index (χ1n) is 7.38. The first-order chi connectivity index (χ1) is 10.0. The quantitative estimate of drug-likeness (QED) is 0.843. The molecule has 21 heavy (non-hydrogen) atoms. The van der Waals surface area contributed by atoms with Crippen LogP contribution in [0.4, 0.5) is 0 Å². The SMILES string of the molecule is CC(CNC(=O)c1cc(Cl)nc(Cl)c1)CN1CCCCC1. The van der Waals surface area contributed by atoms with Gasteiger partial charge >= 0.3 is 0 Å². The Morgan fingerprint density at radius 2 is 1.90 bits per heavy atom. The predicted molar refractivity (Wildman–Crippen MR) is 86.0 cm³/mol. The minimum absolute atomic E-state index is 0.160. The summed E-state index contributed by atoms with van der Waals surface area (Å²) >= 11 is 11.6. The number of aromatic nitrogens is 1. The third-order valence-corrected chi connectivity index (χ3v) is 4.04. The summed E-state index contributed by atoms with van der Waals surface area (Å²) in [6, 6.07) is 3.05. The topological polar surface area (TPSA) is 45.2 Å². The average Bonchev–Trinajstić information content (AvgIpc) is 2.45. The number of carbonyl (C=O) groups excluding carboxylic acids is 1. The van der Waals surface area contributed by atoms with Gasteiger partial charge in [0.15, 0.2) is 0 Å². The van der Waals surface area contributed by atoms with Crippen molar-refractivity contribution in [3.8, 4) is 0 Å². The number of amides is 1. The fraction of sp³-hybridized carbons (Fsp3) is 0.600. The number of likely N-dealkylation sites (tertiary alicyclic amines) is 1. The molecule has 1 fully saturated rings. The lowest BCUT2D eigenvalue weighted by molar-refractivity contribution is 0.0942. The summed E-state index contributed by atoms with van der Waals surface area (Å²) in [5.41, 5.74) is 0.449. The van der Waals surface area contributed by atoms with Crippen molar-refractivity contribution in [2.24, 2.45) is 5.92 Å². The molecular formula is C15H21Cl2N3O. The van der Waals surface area contributed by atoms with Gasteiger partial charge in [-0.3, -0.25) is 4.79 Å². The molecule has 0 radical (unpaired) electrons. The van der Waals surface area contributed by atoms with E-state index in [0.29, 0.717) is 18.0 Å². The van der Waals surface area contributed by atoms with Crippen LogP contribution in [0.3, 0.4) is 0 Å². The van der Waals surface area contributed by atoms with Gasteiger partial charge in [0.05, 0.1) is 0 Å². The molecule has 1 aliphatic heterocycles. The highest BCUT2D eigenvalue weighted by atomic mass is 35.5. The van der Waals surface area contributed by atoms with E-state index in [2.05, 4.69) is 22.1 Å². The van der Waals surface area contributed by atoms with Gasteiger partial charge < -0.3 is 10.2 Å². The molecule has 6 heteroatoms. The Balaban J connectivity index is 1.79. The fourth-order valence-electron chi connectivity index (χ4n) is 2.61. The summed E-state index contributed by atoms with van der Waals surface area (Å²) in [6.45, 7) is 6.17. The zero-order valence-electron chi connectivity index (χ0n) is 12.2. The molecule has 1 N–H and O–H groups in total. The van der Waals surface area contributed by atoms with Crippen LogP contribution in [0.25, 0.3) is 0 Å². The molecule has 116 valence electrons. The summed E-state index contributed by atoms with van der Waals surface area (Å²) in [6.07, 6.45) is 3.91. The number of halogens is 2. The number of piperidine rings is 1. The summed E-state index contributed by atoms with van der Waals surface area (Å²) in [5, 5.41) is 3.39. The maximum atomic E-state index is 12.1. The van der Waals surface area contributed by atoms with Gasteiger partial charge in [-0.2, -0.15) is 0 Å². The molecule has 0 saturated carbocycles. The molecule has 2 heterocycles. The molecule has 1 saturated heterocycles. The number of pyridine rings is 1. The van der Waals surface area contributed by atoms with Crippen LogP contribution in [0, 0.1) is 5.92 Å². The van der Waals surface area contributed by atoms with E-state index in [1.807, 2.05) is 0 Å². The van der Waals surface area contributed by atoms with Crippen molar-refractivity contribution in [2.75, 3.05) is 26.2 Å². The second-order valence-electron chi connectivity index (χ2n) is 5.68. The second kappa shape index (κ2) is 7.97. The Morgan fingerprint density at radius 3 is 2.52 bits per heavy atom. The van der Waals surface area contributed by atoms with E-state index in [4.69, 9.17) is 23.2 Å². The van der Waals surface area contributed by atoms with Crippen molar-refractivity contribution in [3.05, 3.63) is 28.0 Å². The lowest BCUT2D eigenvalue weighted by Gasteiger charge is -2.29. The van der Waals surface area contributed by atoms with E-state index < -0.39 is 0 Å². The molecule has 0 bridgehead atoms. The molecule has 0 aliphatic carbocycles. The predicted octanol–water partition coefficient (Wildman–Crippen LogP) is 3.24. The molecular weight excluding hydrogens is 309 g/mol. The number of rotatable bonds is 5. The highest BCUT2D eigenvalue weighted by Crippen LogP contribution is 2.15. The van der Waals surface area contributed by atoms with Crippen LogP contribution >= 0.6 is 23.2 Å². The molecule has 1 amide bonds. The summed E-state index contributed by atoms with van der Waals surface area (Å²) in [5.74, 6) is 0.256. The Labute approximate surface area is 135 Å². The van der Waals surface area contributed by atoms with Gasteiger partial charge in [-0.15, -0.1) is 0 Å². The van der Waals surface area contributed by atoms with E-state index in [1.165, 1.54) is 44.5 Å². The molecule has 4 nitrogen and oxygen atoms in total. The third-order valence-electron chi connectivity index (χ3n) is 3.65. The van der Waals surface area contributed by atoms with Gasteiger partial charge in [0, 0.05) is 18.7 Å². The Kier molecular flexibility index (Phi) is 6.27. The van der Waals surface area contributed by atoms with Crippen LogP contribution in [0.5, 0.6) is 0 Å². The van der Waals surface area contributed by atoms with E-state index in [-0.39, 0.29) is 16.2 Å². The Morgan fingerprint density at radius 1 is 1.29 bits per heavy atom. The summed E-state index contributed by atoms with van der Waals surface area (Å²) in [4.78, 5) is 18.4. The van der Waals surface area contributed by atoms with Crippen LogP contribution in [0.2, 0.25) is 10.3 Å². The van der Waals surface area contributed by atoms with Crippen molar-refractivity contribution in [1.82, 2.24) is 15.2 Å². The van der Waals surface area contributed by atoms with E-state index in [9.17, 15) is 4.79 Å². The largest absolute Gasteiger partial charge is 0.352 e. The first-order valence-corrected chi connectivity index (χ1v) is 8.14. The maximum Gasteiger partial charge on any atom is 0.251 e.